The summed E-state index contributed by atoms with van der Waals surface area (Å²) in [4.78, 5) is 9.19. The van der Waals surface area contributed by atoms with Crippen molar-refractivity contribution in [3.63, 3.8) is 0 Å². The van der Waals surface area contributed by atoms with Gasteiger partial charge >= 0.3 is 0 Å². The van der Waals surface area contributed by atoms with Crippen molar-refractivity contribution in [2.45, 2.75) is 13.2 Å². The second-order valence-electron chi connectivity index (χ2n) is 7.02. The number of hydrogen-bond acceptors (Lipinski definition) is 7. The van der Waals surface area contributed by atoms with Crippen molar-refractivity contribution < 1.29 is 4.74 Å². The molecule has 0 saturated carbocycles. The monoisotopic (exact) mass is 453 g/mol. The van der Waals surface area contributed by atoms with Gasteiger partial charge in [-0.2, -0.15) is 0 Å². The fourth-order valence-corrected chi connectivity index (χ4v) is 5.21. The van der Waals surface area contributed by atoms with Crippen molar-refractivity contribution in [3.8, 4) is 5.75 Å². The van der Waals surface area contributed by atoms with E-state index in [0.29, 0.717) is 22.4 Å². The molecule has 156 valence electrons. The molecule has 0 radical (unpaired) electrons. The molecule has 1 aromatic carbocycles. The third-order valence-corrected chi connectivity index (χ3v) is 6.79. The number of benzene rings is 1. The number of hydrogen-bond donors (Lipinski definition) is 2. The topological polar surface area (TPSA) is 66.1 Å². The maximum absolute atomic E-state index is 6.56. The van der Waals surface area contributed by atoms with E-state index in [1.807, 2.05) is 6.07 Å². The number of anilines is 1. The number of halogens is 2. The number of fused-ring (bicyclic) bond motifs is 1. The lowest BCUT2D eigenvalue weighted by Gasteiger charge is -2.32. The summed E-state index contributed by atoms with van der Waals surface area (Å²) in [6.07, 6.45) is -0.440. The molecule has 2 aliphatic rings. The molecule has 1 fully saturated rings. The molecule has 29 heavy (non-hydrogen) atoms. The van der Waals surface area contributed by atoms with E-state index in [1.54, 1.807) is 17.4 Å². The minimum atomic E-state index is -0.440. The fraction of sp³-hybridized carbons (Fsp3) is 0.450. The lowest BCUT2D eigenvalue weighted by molar-refractivity contribution is 0.191. The van der Waals surface area contributed by atoms with E-state index < -0.39 is 6.29 Å². The van der Waals surface area contributed by atoms with Crippen LogP contribution in [0.1, 0.15) is 18.1 Å². The molecule has 2 aliphatic heterocycles. The predicted octanol–water partition coefficient (Wildman–Crippen LogP) is 3.26. The van der Waals surface area contributed by atoms with Crippen LogP contribution in [0.4, 0.5) is 5.00 Å². The molecule has 0 bridgehead atoms. The second kappa shape index (κ2) is 9.20. The van der Waals surface area contributed by atoms with Crippen LogP contribution in [-0.2, 0) is 0 Å². The largest absolute Gasteiger partial charge is 0.491 e. The van der Waals surface area contributed by atoms with Crippen molar-refractivity contribution in [1.82, 2.24) is 10.2 Å². The molecule has 4 rings (SSSR count). The molecule has 0 spiro atoms. The van der Waals surface area contributed by atoms with Gasteiger partial charge in [0.05, 0.1) is 15.8 Å². The third-order valence-electron chi connectivity index (χ3n) is 5.23. The lowest BCUT2D eigenvalue weighted by Crippen LogP contribution is -2.44. The van der Waals surface area contributed by atoms with Crippen LogP contribution < -0.4 is 20.7 Å². The molecule has 1 atom stereocenters. The molecule has 2 aromatic rings. The van der Waals surface area contributed by atoms with Gasteiger partial charge in [-0.25, -0.2) is 4.99 Å². The van der Waals surface area contributed by atoms with Gasteiger partial charge in [0.2, 0.25) is 0 Å². The van der Waals surface area contributed by atoms with Crippen molar-refractivity contribution in [1.29, 1.82) is 0 Å². The number of nitrogens with two attached hydrogens (primary N) is 1. The van der Waals surface area contributed by atoms with Gasteiger partial charge in [-0.3, -0.25) is 10.6 Å². The smallest absolute Gasteiger partial charge is 0.175 e. The van der Waals surface area contributed by atoms with Gasteiger partial charge in [-0.15, -0.1) is 11.3 Å². The highest BCUT2D eigenvalue weighted by Gasteiger charge is 2.28. The van der Waals surface area contributed by atoms with Gasteiger partial charge in [-0.1, -0.05) is 23.2 Å². The van der Waals surface area contributed by atoms with E-state index in [4.69, 9.17) is 38.7 Å². The normalized spacial score (nSPS) is 19.8. The number of aliphatic imine (C=N–C) groups is 1. The first-order valence-corrected chi connectivity index (χ1v) is 11.4. The van der Waals surface area contributed by atoms with Crippen LogP contribution in [0.5, 0.6) is 5.75 Å². The Bertz CT molecular complexity index is 897. The van der Waals surface area contributed by atoms with E-state index >= 15 is 0 Å². The highest BCUT2D eigenvalue weighted by molar-refractivity contribution is 7.14. The Labute approximate surface area is 185 Å². The molecule has 3 heterocycles. The van der Waals surface area contributed by atoms with Crippen molar-refractivity contribution in [2.75, 3.05) is 50.8 Å². The molecule has 1 unspecified atom stereocenters. The zero-order chi connectivity index (χ0) is 20.4. The van der Waals surface area contributed by atoms with Crippen LogP contribution in [0.2, 0.25) is 10.0 Å². The van der Waals surface area contributed by atoms with Crippen LogP contribution >= 0.6 is 34.5 Å². The summed E-state index contributed by atoms with van der Waals surface area (Å²) in [6.45, 7) is 8.40. The summed E-state index contributed by atoms with van der Waals surface area (Å²) >= 11 is 14.6. The van der Waals surface area contributed by atoms with Crippen molar-refractivity contribution >= 4 is 45.3 Å². The minimum absolute atomic E-state index is 0.440. The number of piperazine rings is 1. The Morgan fingerprint density at radius 2 is 2.03 bits per heavy atom. The van der Waals surface area contributed by atoms with E-state index in [0.717, 1.165) is 61.1 Å². The maximum atomic E-state index is 6.56. The fourth-order valence-electron chi connectivity index (χ4n) is 3.68. The van der Waals surface area contributed by atoms with E-state index in [1.165, 1.54) is 0 Å². The van der Waals surface area contributed by atoms with Gasteiger partial charge < -0.3 is 15.0 Å². The Hall–Kier alpha value is -1.35. The first-order valence-electron chi connectivity index (χ1n) is 9.81. The number of rotatable bonds is 6. The highest BCUT2D eigenvalue weighted by atomic mass is 35.5. The highest BCUT2D eigenvalue weighted by Crippen LogP contribution is 2.38. The average molecular weight is 454 g/mol. The SMILES string of the molecule is CCN1c2sccc2C(c2cc(OCCN3CCNCC3)c(Cl)cc2Cl)=NC1N. The van der Waals surface area contributed by atoms with Gasteiger partial charge in [0.25, 0.3) is 0 Å². The molecule has 1 aromatic heterocycles. The van der Waals surface area contributed by atoms with Gasteiger partial charge in [0.1, 0.15) is 17.4 Å². The van der Waals surface area contributed by atoms with E-state index in [-0.39, 0.29) is 0 Å². The molecule has 6 nitrogen and oxygen atoms in total. The second-order valence-corrected chi connectivity index (χ2v) is 8.73. The molecule has 1 saturated heterocycles. The Kier molecular flexibility index (Phi) is 6.63. The molecular formula is C20H25Cl2N5OS. The Morgan fingerprint density at radius 1 is 1.24 bits per heavy atom. The third kappa shape index (κ3) is 4.40. The number of nitrogens with one attached hydrogen (secondary N) is 1. The van der Waals surface area contributed by atoms with Crippen molar-refractivity contribution in [3.05, 3.63) is 44.8 Å². The van der Waals surface area contributed by atoms with Crippen LogP contribution in [0, 0.1) is 0 Å². The minimum Gasteiger partial charge on any atom is -0.491 e. The average Bonchev–Trinajstić information content (AvgIpc) is 3.20. The standard InChI is InChI=1S/C20H25Cl2N5OS/c1-2-27-19-13(3-10-29-19)18(25-20(27)23)14-11-17(16(22)12-15(14)21)28-9-8-26-6-4-24-5-7-26/h3,10-12,20,24H,2,4-9,23H2,1H3. The first kappa shape index (κ1) is 20.9. The Balaban J connectivity index is 1.57. The van der Waals surface area contributed by atoms with Gasteiger partial charge in [0.15, 0.2) is 6.29 Å². The summed E-state index contributed by atoms with van der Waals surface area (Å²) in [6, 6.07) is 5.67. The predicted molar refractivity (Wildman–Crippen MR) is 122 cm³/mol. The summed E-state index contributed by atoms with van der Waals surface area (Å²) < 4.78 is 6.02. The number of ether oxygens (including phenoxy) is 1. The first-order chi connectivity index (χ1) is 14.1. The molecule has 0 aliphatic carbocycles. The molecule has 3 N–H and O–H groups in total. The van der Waals surface area contributed by atoms with Crippen LogP contribution in [0.3, 0.4) is 0 Å². The molecule has 0 amide bonds. The number of nitrogens with zero attached hydrogens (tertiary/aromatic N) is 3. The maximum Gasteiger partial charge on any atom is 0.175 e. The zero-order valence-electron chi connectivity index (χ0n) is 16.3. The molecule has 9 heteroatoms. The quantitative estimate of drug-likeness (QED) is 0.702. The van der Waals surface area contributed by atoms with Crippen LogP contribution in [0.15, 0.2) is 28.6 Å². The number of thiophene rings is 1. The van der Waals surface area contributed by atoms with E-state index in [2.05, 4.69) is 33.5 Å². The summed E-state index contributed by atoms with van der Waals surface area (Å²) in [5, 5.41) is 7.55. The lowest BCUT2D eigenvalue weighted by atomic mass is 10.0. The van der Waals surface area contributed by atoms with Crippen molar-refractivity contribution in [2.24, 2.45) is 10.7 Å². The molecular weight excluding hydrogens is 429 g/mol. The van der Waals surface area contributed by atoms with E-state index in [9.17, 15) is 0 Å². The van der Waals surface area contributed by atoms with Gasteiger partial charge in [-0.05, 0) is 30.5 Å². The summed E-state index contributed by atoms with van der Waals surface area (Å²) in [5.74, 6) is 0.618. The zero-order valence-corrected chi connectivity index (χ0v) is 18.7. The summed E-state index contributed by atoms with van der Waals surface area (Å²) in [5.41, 5.74) is 8.92. The van der Waals surface area contributed by atoms with Gasteiger partial charge in [0, 0.05) is 50.4 Å². The van der Waals surface area contributed by atoms with Crippen LogP contribution in [0.25, 0.3) is 0 Å². The Morgan fingerprint density at radius 3 is 2.79 bits per heavy atom. The summed E-state index contributed by atoms with van der Waals surface area (Å²) in [7, 11) is 0. The van der Waals surface area contributed by atoms with Crippen LogP contribution in [-0.4, -0.2) is 62.8 Å².